The Balaban J connectivity index is 1.97. The number of alkyl halides is 3. The van der Waals surface area contributed by atoms with Gasteiger partial charge in [0.25, 0.3) is 5.69 Å². The zero-order chi connectivity index (χ0) is 25.5. The topological polar surface area (TPSA) is 116 Å². The second kappa shape index (κ2) is 8.90. The molecule has 182 valence electrons. The number of methoxy groups -OCH3 is 1. The molecule has 0 bridgehead atoms. The predicted molar refractivity (Wildman–Crippen MR) is 119 cm³/mol. The summed E-state index contributed by atoms with van der Waals surface area (Å²) in [6.07, 6.45) is -3.67. The van der Waals surface area contributed by atoms with E-state index in [1.54, 1.807) is 0 Å². The summed E-state index contributed by atoms with van der Waals surface area (Å²) in [5.74, 6) is -2.32. The highest BCUT2D eigenvalue weighted by molar-refractivity contribution is 6.05. The number of hydrogen-bond donors (Lipinski definition) is 1. The van der Waals surface area contributed by atoms with Crippen molar-refractivity contribution < 1.29 is 32.4 Å². The number of non-ortho nitro benzene ring substituents is 1. The van der Waals surface area contributed by atoms with Gasteiger partial charge in [0.05, 0.1) is 29.1 Å². The van der Waals surface area contributed by atoms with Crippen LogP contribution in [0.3, 0.4) is 0 Å². The van der Waals surface area contributed by atoms with E-state index in [0.717, 1.165) is 19.2 Å². The van der Waals surface area contributed by atoms with E-state index in [-0.39, 0.29) is 40.5 Å². The quantitative estimate of drug-likeness (QED) is 0.382. The molecule has 1 atom stereocenters. The lowest BCUT2D eigenvalue weighted by Gasteiger charge is -2.40. The summed E-state index contributed by atoms with van der Waals surface area (Å²) in [6.45, 7) is 0. The number of ether oxygens (including phenoxy) is 1. The SMILES string of the molecule is COC(=O)C1=C(N)N(c2cccc(C(F)(F)F)c2)C2=C(C(=O)CCC2)C1c1ccc([N+](=O)[O-])cc1. The van der Waals surface area contributed by atoms with Crippen molar-refractivity contribution in [3.05, 3.63) is 92.4 Å². The fourth-order valence-electron chi connectivity index (χ4n) is 4.54. The van der Waals surface area contributed by atoms with Crippen LogP contribution < -0.4 is 10.6 Å². The molecular weight excluding hydrogens is 467 g/mol. The van der Waals surface area contributed by atoms with Crippen molar-refractivity contribution in [3.8, 4) is 0 Å². The fraction of sp³-hybridized carbons (Fsp3) is 0.250. The molecule has 1 unspecified atom stereocenters. The molecule has 2 aromatic carbocycles. The Labute approximate surface area is 197 Å². The number of carbonyl (C=O) groups is 2. The lowest BCUT2D eigenvalue weighted by Crippen LogP contribution is -2.41. The summed E-state index contributed by atoms with van der Waals surface area (Å²) in [4.78, 5) is 37.9. The van der Waals surface area contributed by atoms with E-state index in [0.29, 0.717) is 24.1 Å². The van der Waals surface area contributed by atoms with Gasteiger partial charge in [0, 0.05) is 35.5 Å². The van der Waals surface area contributed by atoms with Crippen molar-refractivity contribution in [2.45, 2.75) is 31.4 Å². The van der Waals surface area contributed by atoms with E-state index in [1.165, 1.54) is 41.3 Å². The first-order valence-electron chi connectivity index (χ1n) is 10.6. The molecule has 0 spiro atoms. The molecule has 0 amide bonds. The van der Waals surface area contributed by atoms with E-state index in [2.05, 4.69) is 0 Å². The highest BCUT2D eigenvalue weighted by atomic mass is 19.4. The average molecular weight is 487 g/mol. The molecule has 0 aromatic heterocycles. The Bertz CT molecular complexity index is 1280. The number of nitrogens with zero attached hydrogens (tertiary/aromatic N) is 2. The van der Waals surface area contributed by atoms with Gasteiger partial charge in [0.1, 0.15) is 5.82 Å². The van der Waals surface area contributed by atoms with Gasteiger partial charge in [-0.3, -0.25) is 19.8 Å². The largest absolute Gasteiger partial charge is 0.466 e. The molecule has 0 fully saturated rings. The van der Waals surface area contributed by atoms with Gasteiger partial charge in [0.15, 0.2) is 5.78 Å². The number of Topliss-reactive ketones (excluding diaryl/α,β-unsaturated/α-hetero) is 1. The first kappa shape index (κ1) is 24.0. The van der Waals surface area contributed by atoms with Crippen molar-refractivity contribution >= 4 is 23.1 Å². The second-order valence-electron chi connectivity index (χ2n) is 8.09. The Morgan fingerprint density at radius 1 is 1.17 bits per heavy atom. The van der Waals surface area contributed by atoms with Crippen LogP contribution in [0.2, 0.25) is 0 Å². The van der Waals surface area contributed by atoms with Gasteiger partial charge in [-0.1, -0.05) is 18.2 Å². The second-order valence-corrected chi connectivity index (χ2v) is 8.09. The van der Waals surface area contributed by atoms with Crippen LogP contribution in [0.4, 0.5) is 24.5 Å². The maximum atomic E-state index is 13.4. The number of benzene rings is 2. The van der Waals surface area contributed by atoms with Crippen LogP contribution in [-0.2, 0) is 20.5 Å². The number of esters is 1. The molecule has 11 heteroatoms. The van der Waals surface area contributed by atoms with Crippen LogP contribution >= 0.6 is 0 Å². The standard InChI is InChI=1S/C24H20F3N3O5/c1-35-23(32)21-19(13-8-10-15(11-9-13)30(33)34)20-17(6-3-7-18(20)31)29(22(21)28)16-5-2-4-14(12-16)24(25,26)27/h2,4-5,8-12,19H,3,6-7,28H2,1H3. The van der Waals surface area contributed by atoms with Crippen LogP contribution in [0.1, 0.15) is 36.3 Å². The maximum absolute atomic E-state index is 13.4. The molecule has 1 aliphatic carbocycles. The third kappa shape index (κ3) is 4.25. The molecule has 8 nitrogen and oxygen atoms in total. The predicted octanol–water partition coefficient (Wildman–Crippen LogP) is 4.57. The van der Waals surface area contributed by atoms with Crippen molar-refractivity contribution in [2.24, 2.45) is 5.73 Å². The minimum Gasteiger partial charge on any atom is -0.466 e. The van der Waals surface area contributed by atoms with Gasteiger partial charge in [-0.05, 0) is 36.6 Å². The molecule has 0 saturated heterocycles. The van der Waals surface area contributed by atoms with Crippen molar-refractivity contribution in [3.63, 3.8) is 0 Å². The lowest BCUT2D eigenvalue weighted by molar-refractivity contribution is -0.384. The zero-order valence-electron chi connectivity index (χ0n) is 18.5. The van der Waals surface area contributed by atoms with E-state index < -0.39 is 28.6 Å². The first-order valence-corrected chi connectivity index (χ1v) is 10.6. The number of rotatable bonds is 4. The number of hydrogen-bond acceptors (Lipinski definition) is 7. The molecule has 1 aliphatic heterocycles. The number of halogens is 3. The summed E-state index contributed by atoms with van der Waals surface area (Å²) in [5.41, 5.74) is 6.22. The minimum atomic E-state index is -4.61. The van der Waals surface area contributed by atoms with Gasteiger partial charge in [0.2, 0.25) is 0 Å². The number of carbonyl (C=O) groups excluding carboxylic acids is 2. The maximum Gasteiger partial charge on any atom is 0.416 e. The van der Waals surface area contributed by atoms with Crippen LogP contribution in [-0.4, -0.2) is 23.8 Å². The van der Waals surface area contributed by atoms with Crippen LogP contribution in [0.25, 0.3) is 0 Å². The number of nitrogens with two attached hydrogens (primary N) is 1. The molecule has 1 heterocycles. The normalized spacial score (nSPS) is 18.5. The van der Waals surface area contributed by atoms with Gasteiger partial charge < -0.3 is 10.5 Å². The number of ketones is 1. The molecule has 2 aliphatic rings. The first-order chi connectivity index (χ1) is 16.5. The van der Waals surface area contributed by atoms with E-state index in [1.807, 2.05) is 0 Å². The molecular formula is C24H20F3N3O5. The number of nitro benzene ring substituents is 1. The summed E-state index contributed by atoms with van der Waals surface area (Å²) in [6, 6.07) is 9.77. The van der Waals surface area contributed by atoms with E-state index in [4.69, 9.17) is 10.5 Å². The smallest absolute Gasteiger partial charge is 0.416 e. The van der Waals surface area contributed by atoms with Crippen molar-refractivity contribution in [1.82, 2.24) is 0 Å². The number of allylic oxidation sites excluding steroid dienone is 2. The molecule has 2 N–H and O–H groups in total. The minimum absolute atomic E-state index is 0.0445. The van der Waals surface area contributed by atoms with E-state index >= 15 is 0 Å². The van der Waals surface area contributed by atoms with Gasteiger partial charge in [-0.2, -0.15) is 13.2 Å². The lowest BCUT2D eigenvalue weighted by atomic mass is 9.75. The number of nitro groups is 1. The monoisotopic (exact) mass is 487 g/mol. The Hall–Kier alpha value is -4.15. The van der Waals surface area contributed by atoms with Crippen LogP contribution in [0, 0.1) is 10.1 Å². The highest BCUT2D eigenvalue weighted by Crippen LogP contribution is 2.47. The fourth-order valence-corrected chi connectivity index (χ4v) is 4.54. The summed E-state index contributed by atoms with van der Waals surface area (Å²) < 4.78 is 45.2. The average Bonchev–Trinajstić information content (AvgIpc) is 2.82. The molecule has 35 heavy (non-hydrogen) atoms. The van der Waals surface area contributed by atoms with Crippen LogP contribution in [0.5, 0.6) is 0 Å². The Kier molecular flexibility index (Phi) is 6.10. The molecule has 2 aromatic rings. The summed E-state index contributed by atoms with van der Waals surface area (Å²) in [5, 5.41) is 11.1. The van der Waals surface area contributed by atoms with Crippen molar-refractivity contribution in [1.29, 1.82) is 0 Å². The van der Waals surface area contributed by atoms with Gasteiger partial charge in [-0.15, -0.1) is 0 Å². The third-order valence-electron chi connectivity index (χ3n) is 6.07. The Morgan fingerprint density at radius 3 is 2.46 bits per heavy atom. The third-order valence-corrected chi connectivity index (χ3v) is 6.07. The number of anilines is 1. The van der Waals surface area contributed by atoms with E-state index in [9.17, 15) is 32.9 Å². The summed E-state index contributed by atoms with van der Waals surface area (Å²) >= 11 is 0. The van der Waals surface area contributed by atoms with Crippen molar-refractivity contribution in [2.75, 3.05) is 12.0 Å². The summed E-state index contributed by atoms with van der Waals surface area (Å²) in [7, 11) is 1.12. The Morgan fingerprint density at radius 2 is 1.86 bits per heavy atom. The molecule has 0 saturated carbocycles. The molecule has 4 rings (SSSR count). The van der Waals surface area contributed by atoms with Crippen LogP contribution in [0.15, 0.2) is 71.2 Å². The highest BCUT2D eigenvalue weighted by Gasteiger charge is 2.43. The van der Waals surface area contributed by atoms with Gasteiger partial charge in [-0.25, -0.2) is 4.79 Å². The molecule has 0 radical (unpaired) electrons. The van der Waals surface area contributed by atoms with Gasteiger partial charge >= 0.3 is 12.1 Å². The zero-order valence-corrected chi connectivity index (χ0v) is 18.5.